The van der Waals surface area contributed by atoms with E-state index in [-0.39, 0.29) is 24.6 Å². The molecule has 1 unspecified atom stereocenters. The van der Waals surface area contributed by atoms with E-state index in [9.17, 15) is 13.2 Å². The van der Waals surface area contributed by atoms with Crippen LogP contribution in [-0.2, 0) is 21.2 Å². The van der Waals surface area contributed by atoms with Gasteiger partial charge in [-0.05, 0) is 25.3 Å². The Balaban J connectivity index is 2.71. The fourth-order valence-corrected chi connectivity index (χ4v) is 2.61. The molecule has 1 aromatic rings. The van der Waals surface area contributed by atoms with Crippen molar-refractivity contribution in [2.45, 2.75) is 32.2 Å². The second kappa shape index (κ2) is 7.25. The molecule has 0 aliphatic heterocycles. The van der Waals surface area contributed by atoms with Crippen molar-refractivity contribution in [3.05, 3.63) is 35.9 Å². The molecule has 19 heavy (non-hydrogen) atoms. The van der Waals surface area contributed by atoms with Crippen LogP contribution in [0.25, 0.3) is 0 Å². The van der Waals surface area contributed by atoms with Gasteiger partial charge in [-0.1, -0.05) is 30.3 Å². The van der Waals surface area contributed by atoms with Gasteiger partial charge in [0.25, 0.3) is 0 Å². The molecular weight excluding hydrogens is 266 g/mol. The number of carboxylic acids is 1. The quantitative estimate of drug-likeness (QED) is 0.756. The van der Waals surface area contributed by atoms with Crippen molar-refractivity contribution >= 4 is 16.0 Å². The molecule has 0 fully saturated rings. The van der Waals surface area contributed by atoms with Crippen LogP contribution in [0.5, 0.6) is 0 Å². The number of hydrogen-bond donors (Lipinski definition) is 2. The van der Waals surface area contributed by atoms with E-state index in [1.807, 2.05) is 30.3 Å². The van der Waals surface area contributed by atoms with Crippen LogP contribution in [0, 0.1) is 0 Å². The Hall–Kier alpha value is -1.40. The highest BCUT2D eigenvalue weighted by atomic mass is 32.2. The zero-order valence-corrected chi connectivity index (χ0v) is 11.7. The first-order valence-electron chi connectivity index (χ1n) is 6.18. The Morgan fingerprint density at radius 1 is 1.32 bits per heavy atom. The van der Waals surface area contributed by atoms with Crippen LogP contribution in [0.4, 0.5) is 0 Å². The first-order chi connectivity index (χ1) is 8.93. The molecule has 0 heterocycles. The predicted octanol–water partition coefficient (Wildman–Crippen LogP) is 1.40. The molecule has 0 bridgehead atoms. The van der Waals surface area contributed by atoms with Crippen molar-refractivity contribution < 1.29 is 18.3 Å². The zero-order valence-electron chi connectivity index (χ0n) is 10.9. The molecule has 1 aromatic carbocycles. The number of carboxylic acid groups (broad SMARTS) is 1. The Kier molecular flexibility index (Phi) is 5.98. The number of benzene rings is 1. The van der Waals surface area contributed by atoms with Crippen molar-refractivity contribution in [1.29, 1.82) is 0 Å². The second-order valence-electron chi connectivity index (χ2n) is 4.34. The largest absolute Gasteiger partial charge is 0.481 e. The molecular formula is C13H19NO4S. The highest BCUT2D eigenvalue weighted by Gasteiger charge is 2.17. The lowest BCUT2D eigenvalue weighted by atomic mass is 10.0. The van der Waals surface area contributed by atoms with Crippen molar-refractivity contribution in [1.82, 2.24) is 4.72 Å². The number of sulfonamides is 1. The molecule has 2 N–H and O–H groups in total. The van der Waals surface area contributed by atoms with E-state index < -0.39 is 16.0 Å². The van der Waals surface area contributed by atoms with Crippen molar-refractivity contribution in [2.24, 2.45) is 0 Å². The lowest BCUT2D eigenvalue weighted by Crippen LogP contribution is -2.37. The summed E-state index contributed by atoms with van der Waals surface area (Å²) >= 11 is 0. The minimum absolute atomic E-state index is 0.00857. The van der Waals surface area contributed by atoms with Gasteiger partial charge in [-0.3, -0.25) is 4.79 Å². The number of carbonyl (C=O) groups is 1. The molecule has 0 aliphatic carbocycles. The van der Waals surface area contributed by atoms with Crippen molar-refractivity contribution in [3.8, 4) is 0 Å². The average Bonchev–Trinajstić information content (AvgIpc) is 2.37. The normalized spacial score (nSPS) is 13.1. The van der Waals surface area contributed by atoms with E-state index >= 15 is 0 Å². The zero-order chi connectivity index (χ0) is 14.3. The minimum Gasteiger partial charge on any atom is -0.481 e. The summed E-state index contributed by atoms with van der Waals surface area (Å²) in [6.07, 6.45) is 0.723. The van der Waals surface area contributed by atoms with Crippen LogP contribution in [0.3, 0.4) is 0 Å². The highest BCUT2D eigenvalue weighted by Crippen LogP contribution is 2.09. The van der Waals surface area contributed by atoms with Gasteiger partial charge >= 0.3 is 5.97 Å². The van der Waals surface area contributed by atoms with E-state index in [0.717, 1.165) is 5.56 Å². The molecule has 0 spiro atoms. The first-order valence-corrected chi connectivity index (χ1v) is 7.84. The van der Waals surface area contributed by atoms with Gasteiger partial charge in [0.05, 0.1) is 5.75 Å². The topological polar surface area (TPSA) is 83.5 Å². The molecule has 0 aromatic heterocycles. The SMILES string of the molecule is CCS(=O)(=O)NC(CCC(=O)O)Cc1ccccc1. The molecule has 1 rings (SSSR count). The Bertz CT molecular complexity index is 499. The molecule has 1 atom stereocenters. The number of aliphatic carboxylic acids is 1. The van der Waals surface area contributed by atoms with Crippen LogP contribution in [0.15, 0.2) is 30.3 Å². The lowest BCUT2D eigenvalue weighted by Gasteiger charge is -2.17. The fraction of sp³-hybridized carbons (Fsp3) is 0.462. The second-order valence-corrected chi connectivity index (χ2v) is 6.38. The van der Waals surface area contributed by atoms with Crippen LogP contribution >= 0.6 is 0 Å². The Morgan fingerprint density at radius 3 is 2.47 bits per heavy atom. The van der Waals surface area contributed by atoms with Crippen LogP contribution in [-0.4, -0.2) is 31.3 Å². The van der Waals surface area contributed by atoms with E-state index in [2.05, 4.69) is 4.72 Å². The summed E-state index contributed by atoms with van der Waals surface area (Å²) < 4.78 is 25.7. The van der Waals surface area contributed by atoms with Gasteiger partial charge in [-0.2, -0.15) is 0 Å². The maximum Gasteiger partial charge on any atom is 0.303 e. The molecule has 0 saturated heterocycles. The van der Waals surface area contributed by atoms with E-state index in [1.54, 1.807) is 6.92 Å². The summed E-state index contributed by atoms with van der Waals surface area (Å²) in [5.74, 6) is -0.931. The maximum atomic E-state index is 11.6. The maximum absolute atomic E-state index is 11.6. The third-order valence-corrected chi connectivity index (χ3v) is 4.21. The molecule has 0 amide bonds. The van der Waals surface area contributed by atoms with Gasteiger partial charge < -0.3 is 5.11 Å². The molecule has 5 nitrogen and oxygen atoms in total. The summed E-state index contributed by atoms with van der Waals surface area (Å²) in [4.78, 5) is 10.6. The average molecular weight is 285 g/mol. The Labute approximate surface area is 113 Å². The summed E-state index contributed by atoms with van der Waals surface area (Å²) in [5.41, 5.74) is 0.983. The molecule has 106 valence electrons. The molecule has 0 aliphatic rings. The van der Waals surface area contributed by atoms with E-state index in [0.29, 0.717) is 6.42 Å². The van der Waals surface area contributed by atoms with E-state index in [4.69, 9.17) is 5.11 Å². The molecule has 0 radical (unpaired) electrons. The molecule has 6 heteroatoms. The summed E-state index contributed by atoms with van der Waals surface area (Å²) in [5, 5.41) is 8.71. The number of nitrogens with one attached hydrogen (secondary N) is 1. The van der Waals surface area contributed by atoms with Crippen LogP contribution in [0.1, 0.15) is 25.3 Å². The third kappa shape index (κ3) is 6.35. The van der Waals surface area contributed by atoms with E-state index in [1.165, 1.54) is 0 Å². The number of rotatable bonds is 8. The minimum atomic E-state index is -3.33. The van der Waals surface area contributed by atoms with Crippen LogP contribution < -0.4 is 4.72 Å². The molecule has 0 saturated carbocycles. The van der Waals surface area contributed by atoms with Crippen LogP contribution in [0.2, 0.25) is 0 Å². The smallest absolute Gasteiger partial charge is 0.303 e. The summed E-state index contributed by atoms with van der Waals surface area (Å²) in [6, 6.07) is 9.03. The van der Waals surface area contributed by atoms with Gasteiger partial charge in [-0.15, -0.1) is 0 Å². The van der Waals surface area contributed by atoms with Gasteiger partial charge in [-0.25, -0.2) is 13.1 Å². The van der Waals surface area contributed by atoms with Gasteiger partial charge in [0.15, 0.2) is 0 Å². The summed E-state index contributed by atoms with van der Waals surface area (Å²) in [7, 11) is -3.33. The van der Waals surface area contributed by atoms with Gasteiger partial charge in [0.1, 0.15) is 0 Å². The fourth-order valence-electron chi connectivity index (χ4n) is 1.74. The van der Waals surface area contributed by atoms with Crippen molar-refractivity contribution in [2.75, 3.05) is 5.75 Å². The first kappa shape index (κ1) is 15.7. The highest BCUT2D eigenvalue weighted by molar-refractivity contribution is 7.89. The monoisotopic (exact) mass is 285 g/mol. The lowest BCUT2D eigenvalue weighted by molar-refractivity contribution is -0.137. The van der Waals surface area contributed by atoms with Gasteiger partial charge in [0, 0.05) is 12.5 Å². The summed E-state index contributed by atoms with van der Waals surface area (Å²) in [6.45, 7) is 1.55. The Morgan fingerprint density at radius 2 is 1.95 bits per heavy atom. The predicted molar refractivity (Wildman–Crippen MR) is 73.4 cm³/mol. The standard InChI is InChI=1S/C13H19NO4S/c1-2-19(17,18)14-12(8-9-13(15)16)10-11-6-4-3-5-7-11/h3-7,12,14H,2,8-10H2,1H3,(H,15,16). The van der Waals surface area contributed by atoms with Gasteiger partial charge in [0.2, 0.25) is 10.0 Å². The third-order valence-electron chi connectivity index (χ3n) is 2.76. The number of hydrogen-bond acceptors (Lipinski definition) is 3. The van der Waals surface area contributed by atoms with Crippen molar-refractivity contribution in [3.63, 3.8) is 0 Å².